The van der Waals surface area contributed by atoms with Crippen LogP contribution < -0.4 is 0 Å². The van der Waals surface area contributed by atoms with Crippen molar-refractivity contribution in [2.24, 2.45) is 17.8 Å². The van der Waals surface area contributed by atoms with E-state index in [-0.39, 0.29) is 11.1 Å². The lowest BCUT2D eigenvalue weighted by Gasteiger charge is -2.32. The minimum atomic E-state index is -0.870. The van der Waals surface area contributed by atoms with Gasteiger partial charge in [0.2, 0.25) is 0 Å². The molecule has 2 aliphatic carbocycles. The van der Waals surface area contributed by atoms with Crippen LogP contribution in [0, 0.1) is 35.2 Å². The van der Waals surface area contributed by atoms with Gasteiger partial charge in [0.15, 0.2) is 0 Å². The second-order valence-corrected chi connectivity index (χ2v) is 13.3. The van der Waals surface area contributed by atoms with Crippen LogP contribution in [-0.2, 0) is 0 Å². The largest absolute Gasteiger partial charge is 0.206 e. The van der Waals surface area contributed by atoms with Crippen LogP contribution >= 0.6 is 11.6 Å². The molecule has 0 bridgehead atoms. The first kappa shape index (κ1) is 31.5. The minimum absolute atomic E-state index is 0.175. The first-order valence-corrected chi connectivity index (χ1v) is 16.8. The summed E-state index contributed by atoms with van der Waals surface area (Å²) in [5.41, 5.74) is 1.39. The summed E-state index contributed by atoms with van der Waals surface area (Å²) >= 11 is 5.58. The molecule has 2 fully saturated rings. The molecule has 0 heterocycles. The monoisotopic (exact) mass is 574 g/mol. The molecule has 4 rings (SSSR count). The molecule has 4 heteroatoms. The molecule has 0 nitrogen and oxygen atoms in total. The smallest absolute Gasteiger partial charge is 0.145 e. The lowest BCUT2D eigenvalue weighted by atomic mass is 9.74. The van der Waals surface area contributed by atoms with Gasteiger partial charge in [0.05, 0.1) is 0 Å². The molecule has 0 aliphatic heterocycles. The second kappa shape index (κ2) is 16.2. The fourth-order valence-electron chi connectivity index (χ4n) is 7.36. The van der Waals surface area contributed by atoms with Gasteiger partial charge in [-0.3, -0.25) is 0 Å². The highest BCUT2D eigenvalue weighted by Gasteiger charge is 2.26. The normalized spacial score (nSPS) is 23.4. The fourth-order valence-corrected chi connectivity index (χ4v) is 7.47. The van der Waals surface area contributed by atoms with E-state index in [1.165, 1.54) is 109 Å². The predicted molar refractivity (Wildman–Crippen MR) is 163 cm³/mol. The van der Waals surface area contributed by atoms with E-state index in [1.807, 2.05) is 6.07 Å². The maximum atomic E-state index is 15.0. The summed E-state index contributed by atoms with van der Waals surface area (Å²) in [5, 5.41) is -0.556. The number of benzene rings is 2. The molecule has 222 valence electrons. The van der Waals surface area contributed by atoms with Crippen LogP contribution in [0.2, 0.25) is 5.02 Å². The van der Waals surface area contributed by atoms with E-state index in [9.17, 15) is 13.2 Å². The van der Waals surface area contributed by atoms with E-state index in [2.05, 4.69) is 6.92 Å². The predicted octanol–water partition coefficient (Wildman–Crippen LogP) is 12.8. The number of halogens is 4. The molecule has 0 unspecified atom stereocenters. The summed E-state index contributed by atoms with van der Waals surface area (Å²) in [6.45, 7) is 2.29. The second-order valence-electron chi connectivity index (χ2n) is 12.9. The molecule has 0 saturated heterocycles. The van der Waals surface area contributed by atoms with E-state index < -0.39 is 22.5 Å². The van der Waals surface area contributed by atoms with E-state index in [0.717, 1.165) is 48.3 Å². The van der Waals surface area contributed by atoms with Crippen LogP contribution in [0.15, 0.2) is 30.3 Å². The van der Waals surface area contributed by atoms with Gasteiger partial charge in [-0.15, -0.1) is 0 Å². The standard InChI is InChI=1S/C36H50ClF3/c1-2-3-4-5-6-7-8-9-10-26-11-13-27(14-12-26)15-16-28-17-19-29(20-18-28)30-21-22-32(33(38)23-30)31-24-34(39)36(37)35(40)25-31/h21-29H,2-20H2,1H3/t26-,27-,28?,29?. The average molecular weight is 575 g/mol. The van der Waals surface area contributed by atoms with Gasteiger partial charge in [-0.2, -0.15) is 0 Å². The van der Waals surface area contributed by atoms with Crippen LogP contribution in [0.5, 0.6) is 0 Å². The molecule has 0 N–H and O–H groups in total. The third kappa shape index (κ3) is 9.27. The summed E-state index contributed by atoms with van der Waals surface area (Å²) in [6.07, 6.45) is 25.9. The lowest BCUT2D eigenvalue weighted by Crippen LogP contribution is -2.18. The third-order valence-electron chi connectivity index (χ3n) is 10.0. The van der Waals surface area contributed by atoms with E-state index >= 15 is 0 Å². The maximum Gasteiger partial charge on any atom is 0.145 e. The number of unbranched alkanes of at least 4 members (excludes halogenated alkanes) is 7. The van der Waals surface area contributed by atoms with E-state index in [0.29, 0.717) is 5.92 Å². The summed E-state index contributed by atoms with van der Waals surface area (Å²) in [4.78, 5) is 0. The zero-order chi connectivity index (χ0) is 28.3. The molecule has 2 aromatic rings. The summed E-state index contributed by atoms with van der Waals surface area (Å²) in [5.74, 6) is 0.906. The Balaban J connectivity index is 1.12. The molecule has 0 aromatic heterocycles. The number of hydrogen-bond acceptors (Lipinski definition) is 0. The van der Waals surface area contributed by atoms with Crippen molar-refractivity contribution < 1.29 is 13.2 Å². The Kier molecular flexibility index (Phi) is 12.8. The highest BCUT2D eigenvalue weighted by atomic mass is 35.5. The Labute approximate surface area is 246 Å². The van der Waals surface area contributed by atoms with Gasteiger partial charge in [0, 0.05) is 5.56 Å². The van der Waals surface area contributed by atoms with Crippen molar-refractivity contribution in [3.05, 3.63) is 58.4 Å². The van der Waals surface area contributed by atoms with Gasteiger partial charge >= 0.3 is 0 Å². The molecule has 40 heavy (non-hydrogen) atoms. The molecule has 2 saturated carbocycles. The Hall–Kier alpha value is -1.48. The molecular formula is C36H50ClF3. The van der Waals surface area contributed by atoms with Crippen LogP contribution in [0.4, 0.5) is 13.2 Å². The van der Waals surface area contributed by atoms with Crippen LogP contribution in [0.1, 0.15) is 140 Å². The molecule has 0 atom stereocenters. The Bertz CT molecular complexity index is 1010. The lowest BCUT2D eigenvalue weighted by molar-refractivity contribution is 0.222. The van der Waals surface area contributed by atoms with Gasteiger partial charge in [-0.1, -0.05) is 127 Å². The summed E-state index contributed by atoms with van der Waals surface area (Å²) < 4.78 is 42.7. The molecular weight excluding hydrogens is 525 g/mol. The molecule has 0 amide bonds. The van der Waals surface area contributed by atoms with Crippen LogP contribution in [0.3, 0.4) is 0 Å². The van der Waals surface area contributed by atoms with Gasteiger partial charge in [0.25, 0.3) is 0 Å². The van der Waals surface area contributed by atoms with Gasteiger partial charge in [0.1, 0.15) is 22.5 Å². The highest BCUT2D eigenvalue weighted by molar-refractivity contribution is 6.31. The average Bonchev–Trinajstić information content (AvgIpc) is 2.97. The van der Waals surface area contributed by atoms with Gasteiger partial charge in [-0.25, -0.2) is 13.2 Å². The van der Waals surface area contributed by atoms with Crippen molar-refractivity contribution >= 4 is 11.6 Å². The van der Waals surface area contributed by atoms with Crippen molar-refractivity contribution in [1.29, 1.82) is 0 Å². The van der Waals surface area contributed by atoms with Crippen molar-refractivity contribution in [3.8, 4) is 11.1 Å². The molecule has 0 spiro atoms. The Morgan fingerprint density at radius 3 is 1.65 bits per heavy atom. The fraction of sp³-hybridized carbons (Fsp3) is 0.667. The summed E-state index contributed by atoms with van der Waals surface area (Å²) in [6, 6.07) is 7.34. The SMILES string of the molecule is CCCCCCCCCC[C@H]1CC[C@H](CCC2CCC(c3ccc(-c4cc(F)c(Cl)c(F)c4)c(F)c3)CC2)CC1. The van der Waals surface area contributed by atoms with Gasteiger partial charge in [-0.05, 0) is 78.7 Å². The summed E-state index contributed by atoms with van der Waals surface area (Å²) in [7, 11) is 0. The zero-order valence-corrected chi connectivity index (χ0v) is 25.4. The zero-order valence-electron chi connectivity index (χ0n) is 24.6. The number of hydrogen-bond donors (Lipinski definition) is 0. The highest BCUT2D eigenvalue weighted by Crippen LogP contribution is 2.41. The van der Waals surface area contributed by atoms with Crippen LogP contribution in [-0.4, -0.2) is 0 Å². The first-order chi connectivity index (χ1) is 19.4. The Morgan fingerprint density at radius 2 is 1.10 bits per heavy atom. The van der Waals surface area contributed by atoms with Gasteiger partial charge < -0.3 is 0 Å². The Morgan fingerprint density at radius 1 is 0.600 bits per heavy atom. The third-order valence-corrected chi connectivity index (χ3v) is 10.4. The van der Waals surface area contributed by atoms with E-state index in [4.69, 9.17) is 11.6 Å². The maximum absolute atomic E-state index is 15.0. The van der Waals surface area contributed by atoms with Crippen molar-refractivity contribution in [2.75, 3.05) is 0 Å². The van der Waals surface area contributed by atoms with Crippen molar-refractivity contribution in [3.63, 3.8) is 0 Å². The minimum Gasteiger partial charge on any atom is -0.206 e. The van der Waals surface area contributed by atoms with Crippen LogP contribution in [0.25, 0.3) is 11.1 Å². The topological polar surface area (TPSA) is 0 Å². The van der Waals surface area contributed by atoms with Crippen molar-refractivity contribution in [2.45, 2.75) is 135 Å². The molecule has 2 aromatic carbocycles. The van der Waals surface area contributed by atoms with Crippen molar-refractivity contribution in [1.82, 2.24) is 0 Å². The molecule has 2 aliphatic rings. The number of rotatable bonds is 14. The molecule has 0 radical (unpaired) electrons. The first-order valence-electron chi connectivity index (χ1n) is 16.4. The van der Waals surface area contributed by atoms with E-state index in [1.54, 1.807) is 12.1 Å². The quantitative estimate of drug-likeness (QED) is 0.155.